The molecule has 85 heavy (non-hydrogen) atoms. The van der Waals surface area contributed by atoms with Crippen molar-refractivity contribution in [1.29, 1.82) is 0 Å². The first-order valence-corrected chi connectivity index (χ1v) is 37.6. The van der Waals surface area contributed by atoms with Crippen LogP contribution in [0, 0.1) is 5.92 Å². The molecule has 2 unspecified atom stereocenters. The molecule has 5 atom stereocenters. The van der Waals surface area contributed by atoms with Crippen LogP contribution in [0.1, 0.15) is 336 Å². The maximum atomic E-state index is 13.0. The lowest BCUT2D eigenvalue weighted by atomic mass is 10.0. The van der Waals surface area contributed by atoms with Gasteiger partial charge in [0.2, 0.25) is 0 Å². The summed E-state index contributed by atoms with van der Waals surface area (Å²) in [5.74, 6) is -1.39. The topological polar surface area (TPSA) is 237 Å². The molecule has 0 rings (SSSR count). The molecule has 0 fully saturated rings. The Labute approximate surface area is 517 Å². The summed E-state index contributed by atoms with van der Waals surface area (Å²) in [7, 11) is -9.89. The average molecular weight is 1260 g/mol. The summed E-state index contributed by atoms with van der Waals surface area (Å²) in [5.41, 5.74) is 0. The van der Waals surface area contributed by atoms with Gasteiger partial charge in [-0.1, -0.05) is 285 Å². The summed E-state index contributed by atoms with van der Waals surface area (Å²) < 4.78 is 68.0. The van der Waals surface area contributed by atoms with Crippen LogP contribution in [0.15, 0.2) is 0 Å². The van der Waals surface area contributed by atoms with E-state index in [1.165, 1.54) is 154 Å². The third kappa shape index (κ3) is 60.7. The third-order valence-corrected chi connectivity index (χ3v) is 17.2. The van der Waals surface area contributed by atoms with E-state index in [9.17, 15) is 43.2 Å². The van der Waals surface area contributed by atoms with E-state index < -0.39 is 97.5 Å². The average Bonchev–Trinajstić information content (AvgIpc) is 3.61. The Morgan fingerprint density at radius 2 is 0.541 bits per heavy atom. The predicted molar refractivity (Wildman–Crippen MR) is 340 cm³/mol. The standard InChI is InChI=1S/C66H128O17P2/c1-6-9-12-15-18-21-23-24-25-26-27-31-37-42-47-52-66(71)83-62(56-77-64(69)50-45-40-35-32-28-29-33-38-43-48-59(4)5)58-81-85(74,75)79-54-60(67)53-78-84(72,73)80-57-61(55-76-63(68)49-44-39-34-20-17-14-11-8-3)82-65(70)51-46-41-36-30-22-19-16-13-10-7-2/h59-62,67H,6-58H2,1-5H3,(H,72,73)(H,74,75)/t60-,61+,62+/m0/s1. The number of esters is 4. The van der Waals surface area contributed by atoms with Gasteiger partial charge in [0.1, 0.15) is 19.3 Å². The summed E-state index contributed by atoms with van der Waals surface area (Å²) in [4.78, 5) is 72.2. The minimum atomic E-state index is -4.95. The predicted octanol–water partition coefficient (Wildman–Crippen LogP) is 18.6. The van der Waals surface area contributed by atoms with Crippen molar-refractivity contribution in [2.45, 2.75) is 355 Å². The number of unbranched alkanes of at least 4 members (excludes halogenated alkanes) is 38. The van der Waals surface area contributed by atoms with Crippen molar-refractivity contribution in [1.82, 2.24) is 0 Å². The fourth-order valence-corrected chi connectivity index (χ4v) is 11.5. The molecule has 0 bridgehead atoms. The van der Waals surface area contributed by atoms with Crippen molar-refractivity contribution in [3.8, 4) is 0 Å². The van der Waals surface area contributed by atoms with Crippen molar-refractivity contribution in [2.24, 2.45) is 5.92 Å². The van der Waals surface area contributed by atoms with Crippen molar-refractivity contribution in [3.63, 3.8) is 0 Å². The number of phosphoric ester groups is 2. The van der Waals surface area contributed by atoms with E-state index in [2.05, 4.69) is 34.6 Å². The zero-order chi connectivity index (χ0) is 62.8. The molecule has 0 aromatic heterocycles. The van der Waals surface area contributed by atoms with E-state index in [-0.39, 0.29) is 25.7 Å². The first kappa shape index (κ1) is 83.1. The van der Waals surface area contributed by atoms with Crippen LogP contribution < -0.4 is 0 Å². The van der Waals surface area contributed by atoms with Gasteiger partial charge in [-0.15, -0.1) is 0 Å². The SMILES string of the molecule is CCCCCCCCCCCCCCCCCC(=O)O[C@H](COC(=O)CCCCCCCCCCCC(C)C)COP(=O)(O)OC[C@@H](O)COP(=O)(O)OC[C@@H](COC(=O)CCCCCCCCCC)OC(=O)CCCCCCCCCCCC. The van der Waals surface area contributed by atoms with E-state index in [0.29, 0.717) is 25.7 Å². The zero-order valence-electron chi connectivity index (χ0n) is 54.7. The molecule has 17 nitrogen and oxygen atoms in total. The van der Waals surface area contributed by atoms with E-state index >= 15 is 0 Å². The molecule has 0 aromatic carbocycles. The molecular formula is C66H128O17P2. The van der Waals surface area contributed by atoms with Gasteiger partial charge in [0.05, 0.1) is 26.4 Å². The van der Waals surface area contributed by atoms with Gasteiger partial charge in [-0.2, -0.15) is 0 Å². The monoisotopic (exact) mass is 1250 g/mol. The number of aliphatic hydroxyl groups excluding tert-OH is 1. The molecule has 0 aliphatic rings. The molecule has 0 amide bonds. The number of hydrogen-bond donors (Lipinski definition) is 3. The van der Waals surface area contributed by atoms with Gasteiger partial charge in [0.25, 0.3) is 0 Å². The Morgan fingerprint density at radius 3 is 0.800 bits per heavy atom. The van der Waals surface area contributed by atoms with Crippen molar-refractivity contribution >= 4 is 39.5 Å². The second-order valence-corrected chi connectivity index (χ2v) is 27.2. The van der Waals surface area contributed by atoms with Gasteiger partial charge in [-0.3, -0.25) is 37.3 Å². The normalized spacial score (nSPS) is 14.2. The minimum Gasteiger partial charge on any atom is -0.462 e. The quantitative estimate of drug-likeness (QED) is 0.0222. The van der Waals surface area contributed by atoms with E-state index in [4.69, 9.17) is 37.0 Å². The molecule has 0 spiro atoms. The van der Waals surface area contributed by atoms with Crippen LogP contribution >= 0.6 is 15.6 Å². The van der Waals surface area contributed by atoms with Crippen LogP contribution in [-0.4, -0.2) is 96.7 Å². The Balaban J connectivity index is 5.22. The summed E-state index contributed by atoms with van der Waals surface area (Å²) in [6.07, 6.45) is 44.4. The lowest BCUT2D eigenvalue weighted by molar-refractivity contribution is -0.161. The highest BCUT2D eigenvalue weighted by Gasteiger charge is 2.30. The molecule has 19 heteroatoms. The van der Waals surface area contributed by atoms with Crippen LogP contribution in [0.3, 0.4) is 0 Å². The smallest absolute Gasteiger partial charge is 0.462 e. The summed E-state index contributed by atoms with van der Waals surface area (Å²) >= 11 is 0. The molecule has 0 aliphatic carbocycles. The molecule has 0 radical (unpaired) electrons. The number of carbonyl (C=O) groups excluding carboxylic acids is 4. The fraction of sp³-hybridized carbons (Fsp3) is 0.939. The Morgan fingerprint density at radius 1 is 0.318 bits per heavy atom. The second-order valence-electron chi connectivity index (χ2n) is 24.3. The number of ether oxygens (including phenoxy) is 4. The van der Waals surface area contributed by atoms with E-state index in [0.717, 1.165) is 102 Å². The number of aliphatic hydroxyl groups is 1. The maximum absolute atomic E-state index is 13.0. The molecule has 0 saturated heterocycles. The number of rotatable bonds is 66. The fourth-order valence-electron chi connectivity index (χ4n) is 9.94. The lowest BCUT2D eigenvalue weighted by Crippen LogP contribution is -2.30. The summed E-state index contributed by atoms with van der Waals surface area (Å²) in [5, 5.41) is 10.5. The molecule has 504 valence electrons. The van der Waals surface area contributed by atoms with E-state index in [1.807, 2.05) is 0 Å². The van der Waals surface area contributed by atoms with Gasteiger partial charge in [0.15, 0.2) is 12.2 Å². The number of phosphoric acid groups is 2. The van der Waals surface area contributed by atoms with Crippen LogP contribution in [0.25, 0.3) is 0 Å². The first-order valence-electron chi connectivity index (χ1n) is 34.6. The minimum absolute atomic E-state index is 0.106. The Bertz CT molecular complexity index is 1650. The van der Waals surface area contributed by atoms with Crippen LogP contribution in [0.5, 0.6) is 0 Å². The molecular weight excluding hydrogens is 1130 g/mol. The molecule has 3 N–H and O–H groups in total. The number of carbonyl (C=O) groups is 4. The molecule has 0 aromatic rings. The van der Waals surface area contributed by atoms with Crippen LogP contribution in [-0.2, 0) is 65.4 Å². The van der Waals surface area contributed by atoms with Crippen molar-refractivity contribution in [2.75, 3.05) is 39.6 Å². The highest BCUT2D eigenvalue weighted by molar-refractivity contribution is 7.47. The van der Waals surface area contributed by atoms with Gasteiger partial charge in [0, 0.05) is 25.7 Å². The Hall–Kier alpha value is -1.94. The maximum Gasteiger partial charge on any atom is 0.472 e. The van der Waals surface area contributed by atoms with Crippen LogP contribution in [0.2, 0.25) is 0 Å². The molecule has 0 saturated carbocycles. The van der Waals surface area contributed by atoms with Crippen LogP contribution in [0.4, 0.5) is 0 Å². The van der Waals surface area contributed by atoms with Gasteiger partial charge in [-0.05, 0) is 31.6 Å². The van der Waals surface area contributed by atoms with Gasteiger partial charge in [-0.25, -0.2) is 9.13 Å². The molecule has 0 aliphatic heterocycles. The van der Waals surface area contributed by atoms with Crippen molar-refractivity contribution in [3.05, 3.63) is 0 Å². The third-order valence-electron chi connectivity index (χ3n) is 15.3. The Kier molecular flexibility index (Phi) is 58.3. The summed E-state index contributed by atoms with van der Waals surface area (Å²) in [6, 6.07) is 0. The first-order chi connectivity index (χ1) is 41.0. The zero-order valence-corrected chi connectivity index (χ0v) is 56.5. The van der Waals surface area contributed by atoms with Gasteiger partial charge < -0.3 is 33.8 Å². The lowest BCUT2D eigenvalue weighted by Gasteiger charge is -2.21. The highest BCUT2D eigenvalue weighted by Crippen LogP contribution is 2.45. The van der Waals surface area contributed by atoms with E-state index in [1.54, 1.807) is 0 Å². The largest absolute Gasteiger partial charge is 0.472 e. The molecule has 0 heterocycles. The summed E-state index contributed by atoms with van der Waals surface area (Å²) in [6.45, 7) is 7.17. The second kappa shape index (κ2) is 59.7. The number of hydrogen-bond acceptors (Lipinski definition) is 15. The highest BCUT2D eigenvalue weighted by atomic mass is 31.2. The van der Waals surface area contributed by atoms with Crippen molar-refractivity contribution < 1.29 is 80.2 Å². The van der Waals surface area contributed by atoms with Gasteiger partial charge >= 0.3 is 39.5 Å².